The van der Waals surface area contributed by atoms with Crippen molar-refractivity contribution in [3.05, 3.63) is 34.5 Å². The van der Waals surface area contributed by atoms with Crippen LogP contribution in [-0.2, 0) is 6.54 Å². The molecule has 0 aliphatic heterocycles. The smallest absolute Gasteiger partial charge is 0.239 e. The third kappa shape index (κ3) is 3.37. The van der Waals surface area contributed by atoms with Crippen LogP contribution < -0.4 is 15.8 Å². The van der Waals surface area contributed by atoms with Crippen LogP contribution in [0.25, 0.3) is 0 Å². The number of rotatable bonds is 6. The lowest BCUT2D eigenvalue weighted by Crippen LogP contribution is -2.05. The molecule has 0 aromatic carbocycles. The maximum absolute atomic E-state index is 5.81. The van der Waals surface area contributed by atoms with Crippen LogP contribution in [0.5, 0.6) is 5.88 Å². The molecule has 0 unspecified atom stereocenters. The average Bonchev–Trinajstić information content (AvgIpc) is 2.89. The van der Waals surface area contributed by atoms with E-state index in [0.29, 0.717) is 18.2 Å². The normalized spacial score (nSPS) is 10.3. The molecule has 0 aliphatic rings. The van der Waals surface area contributed by atoms with E-state index in [2.05, 4.69) is 34.1 Å². The van der Waals surface area contributed by atoms with Crippen LogP contribution in [0.2, 0.25) is 0 Å². The van der Waals surface area contributed by atoms with Crippen molar-refractivity contribution in [1.82, 2.24) is 4.98 Å². The van der Waals surface area contributed by atoms with E-state index in [-0.39, 0.29) is 0 Å². The van der Waals surface area contributed by atoms with Crippen LogP contribution in [0.15, 0.2) is 29.0 Å². The highest BCUT2D eigenvalue weighted by Gasteiger charge is 2.04. The van der Waals surface area contributed by atoms with Crippen molar-refractivity contribution in [3.63, 3.8) is 0 Å². The number of nitrogen functional groups attached to an aromatic ring is 1. The maximum atomic E-state index is 5.81. The minimum Gasteiger partial charge on any atom is -0.476 e. The van der Waals surface area contributed by atoms with E-state index in [1.165, 1.54) is 5.56 Å². The molecule has 0 atom stereocenters. The predicted molar refractivity (Wildman–Crippen MR) is 76.1 cm³/mol. The molecule has 0 saturated heterocycles. The quantitative estimate of drug-likeness (QED) is 0.840. The summed E-state index contributed by atoms with van der Waals surface area (Å²) in [5.74, 6) is 1.29. The van der Waals surface area contributed by atoms with Gasteiger partial charge in [-0.3, -0.25) is 0 Å². The molecule has 2 aromatic rings. The molecule has 0 bridgehead atoms. The monoisotopic (exact) mass is 263 g/mol. The molecule has 2 aromatic heterocycles. The molecule has 0 radical (unpaired) electrons. The van der Waals surface area contributed by atoms with E-state index >= 15 is 0 Å². The Balaban J connectivity index is 2.00. The predicted octanol–water partition coefficient (Wildman–Crippen LogP) is 3.13. The second-order valence-corrected chi connectivity index (χ2v) is 4.70. The number of aromatic nitrogens is 1. The van der Waals surface area contributed by atoms with Gasteiger partial charge in [-0.05, 0) is 40.9 Å². The summed E-state index contributed by atoms with van der Waals surface area (Å²) in [5.41, 5.74) is 7.63. The zero-order chi connectivity index (χ0) is 12.8. The molecule has 5 heteroatoms. The summed E-state index contributed by atoms with van der Waals surface area (Å²) in [5, 5.41) is 7.42. The second-order valence-electron chi connectivity index (χ2n) is 3.92. The first-order valence-corrected chi connectivity index (χ1v) is 6.88. The van der Waals surface area contributed by atoms with Gasteiger partial charge in [-0.15, -0.1) is 0 Å². The highest BCUT2D eigenvalue weighted by atomic mass is 32.1. The van der Waals surface area contributed by atoms with Gasteiger partial charge in [0.1, 0.15) is 5.82 Å². The van der Waals surface area contributed by atoms with Gasteiger partial charge in [-0.2, -0.15) is 16.3 Å². The highest BCUT2D eigenvalue weighted by molar-refractivity contribution is 7.07. The number of nitrogens with zero attached hydrogens (tertiary/aromatic N) is 1. The molecule has 2 heterocycles. The van der Waals surface area contributed by atoms with E-state index in [1.807, 2.05) is 12.1 Å². The third-order valence-electron chi connectivity index (χ3n) is 2.39. The van der Waals surface area contributed by atoms with Crippen LogP contribution in [0.3, 0.4) is 0 Å². The fraction of sp³-hybridized carbons (Fsp3) is 0.308. The lowest BCUT2D eigenvalue weighted by atomic mass is 10.3. The number of hydrogen-bond donors (Lipinski definition) is 2. The number of nitrogens with one attached hydrogen (secondary N) is 1. The van der Waals surface area contributed by atoms with Gasteiger partial charge in [-0.25, -0.2) is 0 Å². The first kappa shape index (κ1) is 12.7. The molecule has 2 rings (SSSR count). The highest BCUT2D eigenvalue weighted by Crippen LogP contribution is 2.21. The maximum Gasteiger partial charge on any atom is 0.239 e. The number of thiophene rings is 1. The largest absolute Gasteiger partial charge is 0.476 e. The van der Waals surface area contributed by atoms with Gasteiger partial charge in [0.25, 0.3) is 0 Å². The Morgan fingerprint density at radius 3 is 3.00 bits per heavy atom. The number of nitrogens with two attached hydrogens (primary N) is 1. The fourth-order valence-electron chi connectivity index (χ4n) is 1.45. The molecular weight excluding hydrogens is 246 g/mol. The zero-order valence-corrected chi connectivity index (χ0v) is 11.2. The van der Waals surface area contributed by atoms with Gasteiger partial charge in [0.2, 0.25) is 5.88 Å². The van der Waals surface area contributed by atoms with Crippen molar-refractivity contribution in [3.8, 4) is 5.88 Å². The van der Waals surface area contributed by atoms with E-state index in [9.17, 15) is 0 Å². The van der Waals surface area contributed by atoms with Gasteiger partial charge in [0.05, 0.1) is 12.3 Å². The Morgan fingerprint density at radius 1 is 1.39 bits per heavy atom. The molecule has 18 heavy (non-hydrogen) atoms. The SMILES string of the molecule is CCCOc1nc(NCc2ccsc2)ccc1N. The standard InChI is InChI=1S/C13H17N3OS/c1-2-6-17-13-11(14)3-4-12(16-13)15-8-10-5-7-18-9-10/h3-5,7,9H,2,6,8,14H2,1H3,(H,15,16). The first-order chi connectivity index (χ1) is 8.79. The Hall–Kier alpha value is -1.75. The zero-order valence-electron chi connectivity index (χ0n) is 10.3. The third-order valence-corrected chi connectivity index (χ3v) is 3.12. The molecule has 0 fully saturated rings. The number of pyridine rings is 1. The van der Waals surface area contributed by atoms with Gasteiger partial charge in [0.15, 0.2) is 0 Å². The van der Waals surface area contributed by atoms with E-state index in [1.54, 1.807) is 11.3 Å². The van der Waals surface area contributed by atoms with Crippen LogP contribution in [-0.4, -0.2) is 11.6 Å². The summed E-state index contributed by atoms with van der Waals surface area (Å²) in [7, 11) is 0. The minimum absolute atomic E-state index is 0.507. The van der Waals surface area contributed by atoms with Crippen molar-refractivity contribution >= 4 is 22.8 Å². The minimum atomic E-state index is 0.507. The van der Waals surface area contributed by atoms with Crippen LogP contribution in [0.1, 0.15) is 18.9 Å². The van der Waals surface area contributed by atoms with Crippen molar-refractivity contribution in [1.29, 1.82) is 0 Å². The van der Waals surface area contributed by atoms with E-state index in [4.69, 9.17) is 10.5 Å². The summed E-state index contributed by atoms with van der Waals surface area (Å²) in [6.07, 6.45) is 0.938. The Labute approximate surface area is 111 Å². The lowest BCUT2D eigenvalue weighted by Gasteiger charge is -2.09. The lowest BCUT2D eigenvalue weighted by molar-refractivity contribution is 0.307. The average molecular weight is 263 g/mol. The number of hydrogen-bond acceptors (Lipinski definition) is 5. The molecule has 0 amide bonds. The van der Waals surface area contributed by atoms with Crippen LogP contribution in [0.4, 0.5) is 11.5 Å². The number of ether oxygens (including phenoxy) is 1. The van der Waals surface area contributed by atoms with Crippen molar-refractivity contribution in [2.45, 2.75) is 19.9 Å². The molecule has 0 spiro atoms. The summed E-state index contributed by atoms with van der Waals surface area (Å²) in [4.78, 5) is 4.35. The Kier molecular flexibility index (Phi) is 4.41. The van der Waals surface area contributed by atoms with Crippen molar-refractivity contribution in [2.75, 3.05) is 17.7 Å². The van der Waals surface area contributed by atoms with Crippen LogP contribution in [0, 0.1) is 0 Å². The molecule has 0 saturated carbocycles. The molecular formula is C13H17N3OS. The van der Waals surface area contributed by atoms with E-state index in [0.717, 1.165) is 18.8 Å². The summed E-state index contributed by atoms with van der Waals surface area (Å²) in [6, 6.07) is 5.76. The van der Waals surface area contributed by atoms with Gasteiger partial charge < -0.3 is 15.8 Å². The van der Waals surface area contributed by atoms with Gasteiger partial charge in [0, 0.05) is 6.54 Å². The summed E-state index contributed by atoms with van der Waals surface area (Å²) < 4.78 is 5.49. The van der Waals surface area contributed by atoms with Gasteiger partial charge in [-0.1, -0.05) is 6.92 Å². The topological polar surface area (TPSA) is 60.2 Å². The molecule has 3 N–H and O–H groups in total. The van der Waals surface area contributed by atoms with Crippen molar-refractivity contribution in [2.24, 2.45) is 0 Å². The molecule has 0 aliphatic carbocycles. The summed E-state index contributed by atoms with van der Waals surface area (Å²) >= 11 is 1.69. The second kappa shape index (κ2) is 6.26. The van der Waals surface area contributed by atoms with Gasteiger partial charge >= 0.3 is 0 Å². The molecule has 96 valence electrons. The Bertz CT molecular complexity index is 485. The first-order valence-electron chi connectivity index (χ1n) is 5.94. The summed E-state index contributed by atoms with van der Waals surface area (Å²) in [6.45, 7) is 3.44. The fourth-order valence-corrected chi connectivity index (χ4v) is 2.12. The number of anilines is 2. The Morgan fingerprint density at radius 2 is 2.28 bits per heavy atom. The van der Waals surface area contributed by atoms with E-state index < -0.39 is 0 Å². The molecule has 4 nitrogen and oxygen atoms in total. The van der Waals surface area contributed by atoms with Crippen molar-refractivity contribution < 1.29 is 4.74 Å². The van der Waals surface area contributed by atoms with Crippen LogP contribution >= 0.6 is 11.3 Å².